The molecule has 6 heteroatoms. The lowest BCUT2D eigenvalue weighted by Crippen LogP contribution is -2.29. The summed E-state index contributed by atoms with van der Waals surface area (Å²) >= 11 is 0. The summed E-state index contributed by atoms with van der Waals surface area (Å²) in [5.74, 6) is -0.362. The summed E-state index contributed by atoms with van der Waals surface area (Å²) in [6, 6.07) is 20.5. The van der Waals surface area contributed by atoms with Gasteiger partial charge in [-0.1, -0.05) is 42.5 Å². The number of hydrogen-bond acceptors (Lipinski definition) is 3. The van der Waals surface area contributed by atoms with Crippen LogP contribution in [0.5, 0.6) is 0 Å². The van der Waals surface area contributed by atoms with Crippen molar-refractivity contribution in [1.82, 2.24) is 0 Å². The van der Waals surface area contributed by atoms with Crippen LogP contribution < -0.4 is 9.62 Å². The molecular formula is C22H22N2O3S. The van der Waals surface area contributed by atoms with Crippen molar-refractivity contribution in [3.8, 4) is 0 Å². The Hall–Kier alpha value is -3.12. The number of sulfonamides is 1. The molecule has 0 aliphatic carbocycles. The van der Waals surface area contributed by atoms with E-state index in [2.05, 4.69) is 5.32 Å². The van der Waals surface area contributed by atoms with Crippen molar-refractivity contribution in [3.05, 3.63) is 89.5 Å². The molecule has 0 aliphatic rings. The van der Waals surface area contributed by atoms with E-state index in [-0.39, 0.29) is 16.4 Å². The van der Waals surface area contributed by atoms with Crippen molar-refractivity contribution in [2.75, 3.05) is 16.7 Å². The highest BCUT2D eigenvalue weighted by atomic mass is 32.2. The highest BCUT2D eigenvalue weighted by molar-refractivity contribution is 7.92. The van der Waals surface area contributed by atoms with Crippen LogP contribution in [0.1, 0.15) is 21.5 Å². The van der Waals surface area contributed by atoms with E-state index in [0.29, 0.717) is 11.4 Å². The first-order chi connectivity index (χ1) is 13.3. The number of benzene rings is 3. The average Bonchev–Trinajstić information content (AvgIpc) is 2.71. The summed E-state index contributed by atoms with van der Waals surface area (Å²) in [7, 11) is -2.33. The van der Waals surface area contributed by atoms with E-state index >= 15 is 0 Å². The van der Waals surface area contributed by atoms with E-state index in [0.717, 1.165) is 15.4 Å². The first kappa shape index (κ1) is 19.6. The van der Waals surface area contributed by atoms with Gasteiger partial charge in [-0.25, -0.2) is 8.42 Å². The molecular weight excluding hydrogens is 372 g/mol. The Balaban J connectivity index is 1.97. The van der Waals surface area contributed by atoms with Gasteiger partial charge in [0.05, 0.1) is 16.1 Å². The fourth-order valence-corrected chi connectivity index (χ4v) is 4.13. The molecule has 3 rings (SSSR count). The smallest absolute Gasteiger partial charge is 0.264 e. The van der Waals surface area contributed by atoms with Crippen LogP contribution in [-0.4, -0.2) is 21.4 Å². The monoisotopic (exact) mass is 394 g/mol. The van der Waals surface area contributed by atoms with Crippen LogP contribution in [0.4, 0.5) is 11.4 Å². The Labute approximate surface area is 165 Å². The molecule has 0 heterocycles. The topological polar surface area (TPSA) is 66.5 Å². The second kappa shape index (κ2) is 7.86. The zero-order valence-corrected chi connectivity index (χ0v) is 16.8. The van der Waals surface area contributed by atoms with E-state index in [1.54, 1.807) is 42.5 Å². The van der Waals surface area contributed by atoms with Crippen LogP contribution in [0.25, 0.3) is 0 Å². The first-order valence-electron chi connectivity index (χ1n) is 8.83. The molecule has 3 aromatic carbocycles. The number of hydrogen-bond donors (Lipinski definition) is 1. The van der Waals surface area contributed by atoms with Gasteiger partial charge in [-0.15, -0.1) is 0 Å². The Morgan fingerprint density at radius 1 is 0.857 bits per heavy atom. The zero-order chi connectivity index (χ0) is 20.3. The third-order valence-corrected chi connectivity index (χ3v) is 6.53. The van der Waals surface area contributed by atoms with Crippen LogP contribution in [0.3, 0.4) is 0 Å². The summed E-state index contributed by atoms with van der Waals surface area (Å²) in [5.41, 5.74) is 3.33. The molecule has 0 aliphatic heterocycles. The maximum Gasteiger partial charge on any atom is 0.264 e. The van der Waals surface area contributed by atoms with E-state index in [1.165, 1.54) is 19.2 Å². The number of para-hydroxylation sites is 1. The molecule has 0 saturated heterocycles. The van der Waals surface area contributed by atoms with E-state index in [4.69, 9.17) is 0 Å². The van der Waals surface area contributed by atoms with Crippen molar-refractivity contribution in [2.45, 2.75) is 18.7 Å². The summed E-state index contributed by atoms with van der Waals surface area (Å²) < 4.78 is 27.1. The molecule has 0 radical (unpaired) electrons. The molecule has 5 nitrogen and oxygen atoms in total. The van der Waals surface area contributed by atoms with Gasteiger partial charge < -0.3 is 5.32 Å². The van der Waals surface area contributed by atoms with Crippen molar-refractivity contribution in [3.63, 3.8) is 0 Å². The molecule has 0 spiro atoms. The van der Waals surface area contributed by atoms with Gasteiger partial charge in [0.1, 0.15) is 0 Å². The number of anilines is 2. The molecule has 144 valence electrons. The number of rotatable bonds is 5. The maximum absolute atomic E-state index is 13.0. The summed E-state index contributed by atoms with van der Waals surface area (Å²) in [4.78, 5) is 13.1. The van der Waals surface area contributed by atoms with Gasteiger partial charge in [0.25, 0.3) is 15.9 Å². The van der Waals surface area contributed by atoms with Crippen molar-refractivity contribution >= 4 is 27.3 Å². The molecule has 1 N–H and O–H groups in total. The molecule has 1 amide bonds. The lowest BCUT2D eigenvalue weighted by Gasteiger charge is -2.22. The Kier molecular flexibility index (Phi) is 5.51. The number of carbonyl (C=O) groups is 1. The van der Waals surface area contributed by atoms with Gasteiger partial charge in [0.2, 0.25) is 0 Å². The number of aryl methyl sites for hydroxylation is 1. The van der Waals surface area contributed by atoms with Crippen molar-refractivity contribution < 1.29 is 13.2 Å². The minimum absolute atomic E-state index is 0.169. The molecule has 0 fully saturated rings. The quantitative estimate of drug-likeness (QED) is 0.698. The molecule has 0 bridgehead atoms. The number of carbonyl (C=O) groups excluding carboxylic acids is 1. The van der Waals surface area contributed by atoms with Crippen LogP contribution >= 0.6 is 0 Å². The van der Waals surface area contributed by atoms with Crippen LogP contribution in [0.15, 0.2) is 77.7 Å². The molecule has 0 aromatic heterocycles. The predicted molar refractivity (Wildman–Crippen MR) is 112 cm³/mol. The third-order valence-electron chi connectivity index (χ3n) is 4.74. The predicted octanol–water partition coefficient (Wildman–Crippen LogP) is 4.38. The van der Waals surface area contributed by atoms with Gasteiger partial charge in [0, 0.05) is 12.7 Å². The molecule has 0 unspecified atom stereocenters. The van der Waals surface area contributed by atoms with Crippen LogP contribution in [-0.2, 0) is 10.0 Å². The van der Waals surface area contributed by atoms with Crippen molar-refractivity contribution in [2.24, 2.45) is 0 Å². The summed E-state index contributed by atoms with van der Waals surface area (Å²) in [6.07, 6.45) is 0. The second-order valence-electron chi connectivity index (χ2n) is 6.50. The van der Waals surface area contributed by atoms with E-state index in [1.807, 2.05) is 32.0 Å². The number of nitrogens with one attached hydrogen (secondary N) is 1. The molecule has 0 saturated carbocycles. The van der Waals surface area contributed by atoms with Gasteiger partial charge in [-0.3, -0.25) is 9.10 Å². The van der Waals surface area contributed by atoms with Crippen molar-refractivity contribution in [1.29, 1.82) is 0 Å². The maximum atomic E-state index is 13.0. The number of nitrogens with zero attached hydrogens (tertiary/aromatic N) is 1. The van der Waals surface area contributed by atoms with Gasteiger partial charge in [0.15, 0.2) is 0 Å². The van der Waals surface area contributed by atoms with E-state index < -0.39 is 10.0 Å². The SMILES string of the molecule is Cc1cccc(NC(=O)c2ccccc2N(C)S(=O)(=O)c2ccccc2)c1C. The lowest BCUT2D eigenvalue weighted by atomic mass is 10.1. The zero-order valence-electron chi connectivity index (χ0n) is 16.0. The second-order valence-corrected chi connectivity index (χ2v) is 8.47. The largest absolute Gasteiger partial charge is 0.322 e. The third kappa shape index (κ3) is 3.77. The minimum Gasteiger partial charge on any atom is -0.322 e. The Morgan fingerprint density at radius 2 is 1.50 bits per heavy atom. The Bertz CT molecular complexity index is 1110. The highest BCUT2D eigenvalue weighted by Crippen LogP contribution is 2.27. The van der Waals surface area contributed by atoms with E-state index in [9.17, 15) is 13.2 Å². The summed E-state index contributed by atoms with van der Waals surface area (Å²) in [5, 5.41) is 2.89. The molecule has 0 atom stereocenters. The normalized spacial score (nSPS) is 11.1. The minimum atomic E-state index is -3.78. The lowest BCUT2D eigenvalue weighted by molar-refractivity contribution is 0.102. The average molecular weight is 394 g/mol. The fraction of sp³-hybridized carbons (Fsp3) is 0.136. The summed E-state index contributed by atoms with van der Waals surface area (Å²) in [6.45, 7) is 3.90. The van der Waals surface area contributed by atoms with Gasteiger partial charge in [-0.2, -0.15) is 0 Å². The fourth-order valence-electron chi connectivity index (χ4n) is 2.90. The standard InChI is InChI=1S/C22H22N2O3S/c1-16-10-9-14-20(17(16)2)23-22(25)19-13-7-8-15-21(19)24(3)28(26,27)18-11-5-4-6-12-18/h4-15H,1-3H3,(H,23,25). The Morgan fingerprint density at radius 3 is 2.21 bits per heavy atom. The van der Waals surface area contributed by atoms with Crippen LogP contribution in [0.2, 0.25) is 0 Å². The first-order valence-corrected chi connectivity index (χ1v) is 10.3. The number of amides is 1. The van der Waals surface area contributed by atoms with Crippen LogP contribution in [0, 0.1) is 13.8 Å². The van der Waals surface area contributed by atoms with Gasteiger partial charge in [-0.05, 0) is 55.3 Å². The molecule has 3 aromatic rings. The molecule has 28 heavy (non-hydrogen) atoms. The highest BCUT2D eigenvalue weighted by Gasteiger charge is 2.25. The van der Waals surface area contributed by atoms with Gasteiger partial charge >= 0.3 is 0 Å².